The lowest BCUT2D eigenvalue weighted by Gasteiger charge is -2.06. The molecular formula is C12H13N5O4S. The van der Waals surface area contributed by atoms with E-state index in [0.29, 0.717) is 5.82 Å². The molecular weight excluding hydrogens is 310 g/mol. The molecule has 0 spiro atoms. The molecule has 10 heteroatoms. The third kappa shape index (κ3) is 5.14. The van der Waals surface area contributed by atoms with Crippen molar-refractivity contribution in [3.63, 3.8) is 0 Å². The second-order valence-electron chi connectivity index (χ2n) is 4.34. The van der Waals surface area contributed by atoms with E-state index < -0.39 is 15.9 Å². The van der Waals surface area contributed by atoms with Gasteiger partial charge in [0.05, 0.1) is 22.1 Å². The summed E-state index contributed by atoms with van der Waals surface area (Å²) in [5, 5.41) is 9.95. The maximum atomic E-state index is 11.6. The van der Waals surface area contributed by atoms with Crippen LogP contribution in [0.25, 0.3) is 11.4 Å². The first-order valence-corrected chi connectivity index (χ1v) is 7.85. The summed E-state index contributed by atoms with van der Waals surface area (Å²) >= 11 is 0. The van der Waals surface area contributed by atoms with Crippen molar-refractivity contribution in [1.82, 2.24) is 20.5 Å². The SMILES string of the molecule is O=C(C[n+]1ccc(-c2nccnn2)cc1)NCCS(=O)(=O)[O-]. The van der Waals surface area contributed by atoms with Gasteiger partial charge in [-0.25, -0.2) is 13.4 Å². The molecule has 0 atom stereocenters. The van der Waals surface area contributed by atoms with Crippen LogP contribution >= 0.6 is 0 Å². The number of rotatable bonds is 6. The Balaban J connectivity index is 1.90. The van der Waals surface area contributed by atoms with Gasteiger partial charge in [-0.05, 0) is 0 Å². The van der Waals surface area contributed by atoms with E-state index >= 15 is 0 Å². The highest BCUT2D eigenvalue weighted by Crippen LogP contribution is 2.09. The van der Waals surface area contributed by atoms with E-state index in [-0.39, 0.29) is 19.0 Å². The Morgan fingerprint density at radius 1 is 1.27 bits per heavy atom. The first-order valence-electron chi connectivity index (χ1n) is 6.27. The highest BCUT2D eigenvalue weighted by Gasteiger charge is 2.10. The monoisotopic (exact) mass is 323 g/mol. The minimum atomic E-state index is -4.32. The Bertz CT molecular complexity index is 734. The second-order valence-corrected chi connectivity index (χ2v) is 5.86. The number of aromatic nitrogens is 4. The summed E-state index contributed by atoms with van der Waals surface area (Å²) < 4.78 is 32.8. The molecule has 0 aromatic carbocycles. The van der Waals surface area contributed by atoms with Crippen molar-refractivity contribution in [2.75, 3.05) is 12.3 Å². The normalized spacial score (nSPS) is 11.1. The molecule has 0 fully saturated rings. The molecule has 0 bridgehead atoms. The van der Waals surface area contributed by atoms with Crippen LogP contribution in [0.15, 0.2) is 36.9 Å². The smallest absolute Gasteiger partial charge is 0.286 e. The zero-order valence-corrected chi connectivity index (χ0v) is 12.2. The van der Waals surface area contributed by atoms with Crippen LogP contribution in [0.2, 0.25) is 0 Å². The lowest BCUT2D eigenvalue weighted by Crippen LogP contribution is -2.43. The van der Waals surface area contributed by atoms with Gasteiger partial charge in [0.25, 0.3) is 5.91 Å². The van der Waals surface area contributed by atoms with Crippen LogP contribution in [0.3, 0.4) is 0 Å². The zero-order valence-electron chi connectivity index (χ0n) is 11.4. The predicted molar refractivity (Wildman–Crippen MR) is 73.0 cm³/mol. The van der Waals surface area contributed by atoms with E-state index in [1.54, 1.807) is 29.1 Å². The summed E-state index contributed by atoms with van der Waals surface area (Å²) in [6, 6.07) is 3.46. The molecule has 9 nitrogen and oxygen atoms in total. The number of hydrogen-bond acceptors (Lipinski definition) is 7. The van der Waals surface area contributed by atoms with Gasteiger partial charge < -0.3 is 9.87 Å². The Labute approximate surface area is 126 Å². The quantitative estimate of drug-likeness (QED) is 0.505. The molecule has 1 amide bonds. The number of nitrogens with zero attached hydrogens (tertiary/aromatic N) is 4. The van der Waals surface area contributed by atoms with Crippen molar-refractivity contribution in [2.24, 2.45) is 0 Å². The third-order valence-electron chi connectivity index (χ3n) is 2.63. The van der Waals surface area contributed by atoms with E-state index in [9.17, 15) is 17.8 Å². The number of hydrogen-bond donors (Lipinski definition) is 1. The fourth-order valence-electron chi connectivity index (χ4n) is 1.63. The molecule has 0 radical (unpaired) electrons. The van der Waals surface area contributed by atoms with E-state index in [2.05, 4.69) is 20.5 Å². The van der Waals surface area contributed by atoms with Gasteiger partial charge >= 0.3 is 0 Å². The van der Waals surface area contributed by atoms with Crippen molar-refractivity contribution in [1.29, 1.82) is 0 Å². The molecule has 0 aliphatic heterocycles. The number of carbonyl (C=O) groups excluding carboxylic acids is 1. The molecule has 0 aliphatic carbocycles. The fourth-order valence-corrected chi connectivity index (χ4v) is 1.98. The van der Waals surface area contributed by atoms with E-state index in [1.807, 2.05) is 0 Å². The summed E-state index contributed by atoms with van der Waals surface area (Å²) in [6.07, 6.45) is 6.32. The lowest BCUT2D eigenvalue weighted by molar-refractivity contribution is -0.684. The summed E-state index contributed by atoms with van der Waals surface area (Å²) in [5.41, 5.74) is 0.752. The largest absolute Gasteiger partial charge is 0.748 e. The first kappa shape index (κ1) is 15.9. The predicted octanol–water partition coefficient (Wildman–Crippen LogP) is -1.51. The maximum Gasteiger partial charge on any atom is 0.286 e. The van der Waals surface area contributed by atoms with Crippen LogP contribution in [0.1, 0.15) is 0 Å². The van der Waals surface area contributed by atoms with Crippen molar-refractivity contribution in [2.45, 2.75) is 6.54 Å². The molecule has 2 aromatic heterocycles. The molecule has 0 aliphatic rings. The van der Waals surface area contributed by atoms with Crippen LogP contribution in [-0.4, -0.2) is 46.4 Å². The van der Waals surface area contributed by atoms with E-state index in [1.165, 1.54) is 12.4 Å². The second kappa shape index (κ2) is 7.00. The summed E-state index contributed by atoms with van der Waals surface area (Å²) in [7, 11) is -4.32. The summed E-state index contributed by atoms with van der Waals surface area (Å²) in [5.74, 6) is -0.542. The average molecular weight is 323 g/mol. The van der Waals surface area contributed by atoms with Crippen LogP contribution < -0.4 is 9.88 Å². The van der Waals surface area contributed by atoms with Crippen molar-refractivity contribution >= 4 is 16.0 Å². The number of amides is 1. The maximum absolute atomic E-state index is 11.6. The lowest BCUT2D eigenvalue weighted by atomic mass is 10.2. The molecule has 22 heavy (non-hydrogen) atoms. The number of carbonyl (C=O) groups is 1. The van der Waals surface area contributed by atoms with Gasteiger partial charge in [-0.15, -0.1) is 5.10 Å². The van der Waals surface area contributed by atoms with Gasteiger partial charge in [0.15, 0.2) is 18.2 Å². The Morgan fingerprint density at radius 3 is 2.59 bits per heavy atom. The Kier molecular flexibility index (Phi) is 5.07. The van der Waals surface area contributed by atoms with E-state index in [0.717, 1.165) is 5.56 Å². The van der Waals surface area contributed by atoms with Gasteiger partial charge in [0.1, 0.15) is 0 Å². The van der Waals surface area contributed by atoms with Gasteiger partial charge in [-0.1, -0.05) is 0 Å². The standard InChI is InChI=1S/C12H13N5O4S/c18-11(13-5-8-22(19,20)21)9-17-6-1-10(2-7-17)12-14-3-4-15-16-12/h1-4,6-7H,5,8-9H2,(H-,13,18,19,20,21). The number of pyridine rings is 1. The number of nitrogens with one attached hydrogen (secondary N) is 1. The first-order chi connectivity index (χ1) is 10.4. The van der Waals surface area contributed by atoms with Gasteiger partial charge in [-0.2, -0.15) is 9.67 Å². The van der Waals surface area contributed by atoms with E-state index in [4.69, 9.17) is 0 Å². The zero-order chi connectivity index (χ0) is 16.0. The molecule has 0 saturated carbocycles. The molecule has 116 valence electrons. The Morgan fingerprint density at radius 2 is 2.00 bits per heavy atom. The molecule has 2 rings (SSSR count). The summed E-state index contributed by atoms with van der Waals surface area (Å²) in [4.78, 5) is 15.6. The van der Waals surface area contributed by atoms with Gasteiger partial charge in [0, 0.05) is 30.4 Å². The minimum absolute atomic E-state index is 0.00703. The molecule has 2 aromatic rings. The molecule has 0 saturated heterocycles. The average Bonchev–Trinajstić information content (AvgIpc) is 2.47. The van der Waals surface area contributed by atoms with Gasteiger partial charge in [-0.3, -0.25) is 4.79 Å². The van der Waals surface area contributed by atoms with Gasteiger partial charge in [0.2, 0.25) is 6.54 Å². The highest BCUT2D eigenvalue weighted by atomic mass is 32.2. The highest BCUT2D eigenvalue weighted by molar-refractivity contribution is 7.85. The van der Waals surface area contributed by atoms with Crippen molar-refractivity contribution in [3.8, 4) is 11.4 Å². The molecule has 0 unspecified atom stereocenters. The van der Waals surface area contributed by atoms with Crippen LogP contribution in [0.4, 0.5) is 0 Å². The van der Waals surface area contributed by atoms with Crippen molar-refractivity contribution in [3.05, 3.63) is 36.9 Å². The van der Waals surface area contributed by atoms with Crippen molar-refractivity contribution < 1.29 is 22.3 Å². The van der Waals surface area contributed by atoms with Crippen LogP contribution in [0, 0.1) is 0 Å². The van der Waals surface area contributed by atoms with Crippen LogP contribution in [-0.2, 0) is 21.5 Å². The summed E-state index contributed by atoms with van der Waals surface area (Å²) in [6.45, 7) is -0.195. The molecule has 1 N–H and O–H groups in total. The topological polar surface area (TPSA) is 129 Å². The molecule has 2 heterocycles. The third-order valence-corrected chi connectivity index (χ3v) is 3.34. The van der Waals surface area contributed by atoms with Crippen LogP contribution in [0.5, 0.6) is 0 Å². The fraction of sp³-hybridized carbons (Fsp3) is 0.250. The minimum Gasteiger partial charge on any atom is -0.748 e. The Hall–Kier alpha value is -2.46.